The van der Waals surface area contributed by atoms with Crippen LogP contribution in [0.5, 0.6) is 5.75 Å². The van der Waals surface area contributed by atoms with Gasteiger partial charge >= 0.3 is 0 Å². The van der Waals surface area contributed by atoms with E-state index in [1.54, 1.807) is 36.7 Å². The maximum Gasteiger partial charge on any atom is 0.273 e. The Bertz CT molecular complexity index is 1000. The van der Waals surface area contributed by atoms with Crippen LogP contribution in [0.25, 0.3) is 11.3 Å². The molecule has 8 heteroatoms. The van der Waals surface area contributed by atoms with E-state index in [0.717, 1.165) is 11.1 Å². The molecule has 1 aromatic carbocycles. The summed E-state index contributed by atoms with van der Waals surface area (Å²) in [4.78, 5) is 27.9. The van der Waals surface area contributed by atoms with E-state index in [1.807, 2.05) is 19.1 Å². The normalized spacial score (nSPS) is 13.9. The molecule has 0 spiro atoms. The minimum atomic E-state index is -0.362. The molecule has 0 aliphatic carbocycles. The van der Waals surface area contributed by atoms with E-state index in [-0.39, 0.29) is 30.2 Å². The van der Waals surface area contributed by atoms with Gasteiger partial charge < -0.3 is 19.9 Å². The van der Waals surface area contributed by atoms with Crippen molar-refractivity contribution in [3.8, 4) is 17.1 Å². The molecule has 2 aromatic heterocycles. The Kier molecular flexibility index (Phi) is 4.29. The van der Waals surface area contributed by atoms with Crippen molar-refractivity contribution in [2.75, 3.05) is 11.9 Å². The highest BCUT2D eigenvalue weighted by molar-refractivity contribution is 5.95. The number of nitrogens with zero attached hydrogens (tertiary/aromatic N) is 2. The maximum atomic E-state index is 12.5. The van der Waals surface area contributed by atoms with Crippen molar-refractivity contribution >= 4 is 17.5 Å². The lowest BCUT2D eigenvalue weighted by Gasteiger charge is -2.20. The summed E-state index contributed by atoms with van der Waals surface area (Å²) in [5.74, 6) is 0.505. The first kappa shape index (κ1) is 16.8. The SMILES string of the molecule is C[C@H](NC(=O)c1cc(-c2cccnc2)on1)c1ccc2c(c1)NC(=O)CO2. The highest BCUT2D eigenvalue weighted by Crippen LogP contribution is 2.30. The summed E-state index contributed by atoms with van der Waals surface area (Å²) in [6, 6.07) is 10.2. The van der Waals surface area contributed by atoms with Gasteiger partial charge in [-0.25, -0.2) is 0 Å². The topological polar surface area (TPSA) is 106 Å². The number of benzene rings is 1. The molecule has 3 aromatic rings. The fourth-order valence-electron chi connectivity index (χ4n) is 2.75. The first-order valence-corrected chi connectivity index (χ1v) is 8.35. The lowest BCUT2D eigenvalue weighted by atomic mass is 10.1. The first-order chi connectivity index (χ1) is 13.1. The highest BCUT2D eigenvalue weighted by Gasteiger charge is 2.20. The van der Waals surface area contributed by atoms with Gasteiger partial charge in [-0.15, -0.1) is 0 Å². The number of hydrogen-bond acceptors (Lipinski definition) is 6. The van der Waals surface area contributed by atoms with Crippen LogP contribution in [0.15, 0.2) is 53.3 Å². The summed E-state index contributed by atoms with van der Waals surface area (Å²) in [6.07, 6.45) is 3.29. The predicted octanol–water partition coefficient (Wildman–Crippen LogP) is 2.56. The van der Waals surface area contributed by atoms with Crippen molar-refractivity contribution in [3.63, 3.8) is 0 Å². The van der Waals surface area contributed by atoms with Crippen LogP contribution in [-0.2, 0) is 4.79 Å². The summed E-state index contributed by atoms with van der Waals surface area (Å²) < 4.78 is 10.6. The number of pyridine rings is 1. The smallest absolute Gasteiger partial charge is 0.273 e. The maximum absolute atomic E-state index is 12.5. The van der Waals surface area contributed by atoms with Crippen molar-refractivity contribution in [2.45, 2.75) is 13.0 Å². The van der Waals surface area contributed by atoms with Gasteiger partial charge in [0.1, 0.15) is 5.75 Å². The Hall–Kier alpha value is -3.68. The molecule has 1 atom stereocenters. The third-order valence-electron chi connectivity index (χ3n) is 4.17. The van der Waals surface area contributed by atoms with Crippen molar-refractivity contribution < 1.29 is 18.8 Å². The zero-order valence-electron chi connectivity index (χ0n) is 14.4. The fourth-order valence-corrected chi connectivity index (χ4v) is 2.75. The second-order valence-corrected chi connectivity index (χ2v) is 6.11. The number of carbonyl (C=O) groups is 2. The Morgan fingerprint density at radius 2 is 2.19 bits per heavy atom. The van der Waals surface area contributed by atoms with E-state index >= 15 is 0 Å². The minimum absolute atomic E-state index is 0.00403. The molecule has 2 amide bonds. The Morgan fingerprint density at radius 3 is 3.00 bits per heavy atom. The molecule has 0 saturated heterocycles. The molecule has 0 saturated carbocycles. The average Bonchev–Trinajstić information content (AvgIpc) is 3.18. The second-order valence-electron chi connectivity index (χ2n) is 6.11. The lowest BCUT2D eigenvalue weighted by molar-refractivity contribution is -0.118. The van der Waals surface area contributed by atoms with Gasteiger partial charge in [0.25, 0.3) is 11.8 Å². The van der Waals surface area contributed by atoms with Crippen molar-refractivity contribution in [2.24, 2.45) is 0 Å². The summed E-state index contributed by atoms with van der Waals surface area (Å²) >= 11 is 0. The lowest BCUT2D eigenvalue weighted by Crippen LogP contribution is -2.28. The van der Waals surface area contributed by atoms with Gasteiger partial charge in [0.15, 0.2) is 18.1 Å². The quantitative estimate of drug-likeness (QED) is 0.737. The monoisotopic (exact) mass is 364 g/mol. The molecule has 0 radical (unpaired) electrons. The molecule has 0 unspecified atom stereocenters. The van der Waals surface area contributed by atoms with Gasteiger partial charge in [-0.3, -0.25) is 14.6 Å². The van der Waals surface area contributed by atoms with Crippen LogP contribution >= 0.6 is 0 Å². The van der Waals surface area contributed by atoms with Gasteiger partial charge in [-0.1, -0.05) is 11.2 Å². The molecule has 1 aliphatic rings. The Labute approximate surface area is 154 Å². The van der Waals surface area contributed by atoms with Gasteiger partial charge in [0, 0.05) is 24.0 Å². The van der Waals surface area contributed by atoms with Crippen LogP contribution < -0.4 is 15.4 Å². The number of carbonyl (C=O) groups excluding carboxylic acids is 2. The van der Waals surface area contributed by atoms with Gasteiger partial charge in [0.2, 0.25) is 0 Å². The van der Waals surface area contributed by atoms with E-state index in [2.05, 4.69) is 20.8 Å². The number of fused-ring (bicyclic) bond motifs is 1. The molecule has 0 fully saturated rings. The van der Waals surface area contributed by atoms with Crippen molar-refractivity contribution in [1.29, 1.82) is 0 Å². The van der Waals surface area contributed by atoms with E-state index in [9.17, 15) is 9.59 Å². The number of anilines is 1. The first-order valence-electron chi connectivity index (χ1n) is 8.35. The largest absolute Gasteiger partial charge is 0.482 e. The predicted molar refractivity (Wildman–Crippen MR) is 96.2 cm³/mol. The van der Waals surface area contributed by atoms with Crippen LogP contribution in [0.1, 0.15) is 29.0 Å². The standard InChI is InChI=1S/C19H16N4O4/c1-11(12-4-5-16-14(7-12)22-18(24)10-26-16)21-19(25)15-8-17(27-23-15)13-3-2-6-20-9-13/h2-9,11H,10H2,1H3,(H,21,25)(H,22,24)/t11-/m0/s1. The van der Waals surface area contributed by atoms with E-state index in [0.29, 0.717) is 17.2 Å². The average molecular weight is 364 g/mol. The molecule has 27 heavy (non-hydrogen) atoms. The number of aromatic nitrogens is 2. The number of hydrogen-bond donors (Lipinski definition) is 2. The molecular weight excluding hydrogens is 348 g/mol. The minimum Gasteiger partial charge on any atom is -0.482 e. The van der Waals surface area contributed by atoms with Crippen molar-refractivity contribution in [1.82, 2.24) is 15.5 Å². The third-order valence-corrected chi connectivity index (χ3v) is 4.17. The number of nitrogens with one attached hydrogen (secondary N) is 2. The summed E-state index contributed by atoms with van der Waals surface area (Å²) in [5, 5.41) is 9.44. The molecule has 4 rings (SSSR count). The molecular formula is C19H16N4O4. The Morgan fingerprint density at radius 1 is 1.30 bits per heavy atom. The van der Waals surface area contributed by atoms with Crippen LogP contribution in [0.4, 0.5) is 5.69 Å². The van der Waals surface area contributed by atoms with E-state index in [1.165, 1.54) is 0 Å². The van der Waals surface area contributed by atoms with Gasteiger partial charge in [-0.2, -0.15) is 0 Å². The molecule has 2 N–H and O–H groups in total. The number of ether oxygens (including phenoxy) is 1. The Balaban J connectivity index is 1.48. The van der Waals surface area contributed by atoms with Crippen molar-refractivity contribution in [3.05, 3.63) is 60.0 Å². The summed E-state index contributed by atoms with van der Waals surface area (Å²) in [7, 11) is 0. The molecule has 136 valence electrons. The zero-order chi connectivity index (χ0) is 18.8. The number of amides is 2. The zero-order valence-corrected chi connectivity index (χ0v) is 14.4. The molecule has 8 nitrogen and oxygen atoms in total. The molecule has 3 heterocycles. The van der Waals surface area contributed by atoms with Crippen LogP contribution in [0.3, 0.4) is 0 Å². The van der Waals surface area contributed by atoms with Crippen LogP contribution in [0.2, 0.25) is 0 Å². The fraction of sp³-hybridized carbons (Fsp3) is 0.158. The second kappa shape index (κ2) is 6.91. The summed E-state index contributed by atoms with van der Waals surface area (Å²) in [6.45, 7) is 1.84. The van der Waals surface area contributed by atoms with E-state index < -0.39 is 0 Å². The molecule has 1 aliphatic heterocycles. The van der Waals surface area contributed by atoms with E-state index in [4.69, 9.17) is 9.26 Å². The summed E-state index contributed by atoms with van der Waals surface area (Å²) in [5.41, 5.74) is 2.33. The van der Waals surface area contributed by atoms with Gasteiger partial charge in [0.05, 0.1) is 11.7 Å². The molecule has 0 bridgehead atoms. The van der Waals surface area contributed by atoms with Crippen LogP contribution in [0, 0.1) is 0 Å². The third kappa shape index (κ3) is 3.50. The van der Waals surface area contributed by atoms with Crippen LogP contribution in [-0.4, -0.2) is 28.6 Å². The van der Waals surface area contributed by atoms with Gasteiger partial charge in [-0.05, 0) is 36.8 Å². The number of rotatable bonds is 4. The highest BCUT2D eigenvalue weighted by atomic mass is 16.5.